The van der Waals surface area contributed by atoms with Crippen LogP contribution in [0.25, 0.3) is 17.1 Å². The highest BCUT2D eigenvalue weighted by atomic mass is 16.5. The summed E-state index contributed by atoms with van der Waals surface area (Å²) in [4.78, 5) is 17.0. The number of benzene rings is 2. The lowest BCUT2D eigenvalue weighted by molar-refractivity contribution is 0.102. The third kappa shape index (κ3) is 4.00. The van der Waals surface area contributed by atoms with E-state index in [1.54, 1.807) is 17.8 Å². The average molecular weight is 401 g/mol. The number of nitrogens with one attached hydrogen (secondary N) is 1. The minimum Gasteiger partial charge on any atom is -0.339 e. The van der Waals surface area contributed by atoms with E-state index in [1.165, 1.54) is 5.56 Å². The summed E-state index contributed by atoms with van der Waals surface area (Å²) in [6.45, 7) is 7.86. The van der Waals surface area contributed by atoms with Crippen molar-refractivity contribution in [3.63, 3.8) is 0 Å². The van der Waals surface area contributed by atoms with Gasteiger partial charge in [0.15, 0.2) is 0 Å². The molecule has 0 atom stereocenters. The van der Waals surface area contributed by atoms with Crippen molar-refractivity contribution >= 4 is 11.6 Å². The summed E-state index contributed by atoms with van der Waals surface area (Å²) in [5, 5.41) is 11.4. The molecule has 2 aromatic carbocycles. The molecule has 0 radical (unpaired) electrons. The first-order chi connectivity index (χ1) is 14.4. The molecule has 4 rings (SSSR count). The number of rotatable bonds is 5. The van der Waals surface area contributed by atoms with Gasteiger partial charge in [-0.3, -0.25) is 4.79 Å². The molecule has 0 unspecified atom stereocenters. The highest BCUT2D eigenvalue weighted by molar-refractivity contribution is 6.04. The first-order valence-corrected chi connectivity index (χ1v) is 9.79. The topological polar surface area (TPSA) is 85.8 Å². The maximum Gasteiger partial charge on any atom is 0.259 e. The summed E-state index contributed by atoms with van der Waals surface area (Å²) in [6, 6.07) is 15.5. The molecule has 2 heterocycles. The Balaban J connectivity index is 1.51. The molecular formula is C23H23N5O2. The fourth-order valence-electron chi connectivity index (χ4n) is 3.14. The maximum atomic E-state index is 12.7. The monoisotopic (exact) mass is 401 g/mol. The third-order valence-electron chi connectivity index (χ3n) is 4.90. The van der Waals surface area contributed by atoms with Gasteiger partial charge in [0.2, 0.25) is 11.7 Å². The lowest BCUT2D eigenvalue weighted by Crippen LogP contribution is -2.12. The highest BCUT2D eigenvalue weighted by Gasteiger charge is 2.15. The van der Waals surface area contributed by atoms with E-state index in [1.807, 2.05) is 55.5 Å². The van der Waals surface area contributed by atoms with E-state index < -0.39 is 0 Å². The van der Waals surface area contributed by atoms with E-state index in [0.29, 0.717) is 28.9 Å². The molecule has 1 N–H and O–H groups in total. The molecule has 0 aliphatic rings. The van der Waals surface area contributed by atoms with Crippen LogP contribution < -0.4 is 5.32 Å². The summed E-state index contributed by atoms with van der Waals surface area (Å²) < 4.78 is 6.71. The van der Waals surface area contributed by atoms with Gasteiger partial charge in [-0.25, -0.2) is 4.68 Å². The number of aryl methyl sites for hydroxylation is 2. The van der Waals surface area contributed by atoms with Crippen LogP contribution >= 0.6 is 0 Å². The molecule has 0 fully saturated rings. The van der Waals surface area contributed by atoms with Crippen molar-refractivity contribution in [1.82, 2.24) is 19.9 Å². The second-order valence-corrected chi connectivity index (χ2v) is 7.49. The molecule has 1 amide bonds. The van der Waals surface area contributed by atoms with Gasteiger partial charge >= 0.3 is 0 Å². The first kappa shape index (κ1) is 19.6. The SMILES string of the molecule is Cc1nc(-c2ccc(-n3cc(C(=O)Nc4ccc(C(C)C)cc4)c(C)n3)cc2)no1. The predicted molar refractivity (Wildman–Crippen MR) is 115 cm³/mol. The molecule has 7 heteroatoms. The normalized spacial score (nSPS) is 11.1. The number of carbonyl (C=O) groups excluding carboxylic acids is 1. The Labute approximate surface area is 174 Å². The van der Waals surface area contributed by atoms with Crippen molar-refractivity contribution in [1.29, 1.82) is 0 Å². The van der Waals surface area contributed by atoms with Gasteiger partial charge in [-0.1, -0.05) is 31.1 Å². The molecule has 4 aromatic rings. The molecule has 30 heavy (non-hydrogen) atoms. The number of amides is 1. The number of hydrogen-bond acceptors (Lipinski definition) is 5. The van der Waals surface area contributed by atoms with Crippen molar-refractivity contribution < 1.29 is 9.32 Å². The van der Waals surface area contributed by atoms with Crippen LogP contribution in [-0.4, -0.2) is 25.8 Å². The van der Waals surface area contributed by atoms with Gasteiger partial charge in [0, 0.05) is 24.4 Å². The largest absolute Gasteiger partial charge is 0.339 e. The lowest BCUT2D eigenvalue weighted by atomic mass is 10.0. The van der Waals surface area contributed by atoms with Crippen molar-refractivity contribution in [2.45, 2.75) is 33.6 Å². The van der Waals surface area contributed by atoms with Crippen molar-refractivity contribution in [2.24, 2.45) is 0 Å². The molecule has 0 aliphatic heterocycles. The number of nitrogens with zero attached hydrogens (tertiary/aromatic N) is 4. The Bertz CT molecular complexity index is 1170. The minimum absolute atomic E-state index is 0.185. The Hall–Kier alpha value is -3.74. The van der Waals surface area contributed by atoms with E-state index in [0.717, 1.165) is 16.9 Å². The lowest BCUT2D eigenvalue weighted by Gasteiger charge is -2.08. The van der Waals surface area contributed by atoms with E-state index in [4.69, 9.17) is 4.52 Å². The van der Waals surface area contributed by atoms with Crippen LogP contribution in [0.3, 0.4) is 0 Å². The molecule has 0 saturated heterocycles. The molecule has 0 spiro atoms. The van der Waals surface area contributed by atoms with Gasteiger partial charge in [-0.15, -0.1) is 0 Å². The summed E-state index contributed by atoms with van der Waals surface area (Å²) in [5.41, 5.74) is 4.86. The number of hydrogen-bond donors (Lipinski definition) is 1. The predicted octanol–water partition coefficient (Wildman–Crippen LogP) is 4.91. The molecule has 152 valence electrons. The summed E-state index contributed by atoms with van der Waals surface area (Å²) in [7, 11) is 0. The Kier molecular flexibility index (Phi) is 5.18. The number of anilines is 1. The standard InChI is InChI=1S/C23H23N5O2/c1-14(2)17-5-9-19(10-6-17)25-23(29)21-13-28(26-15(21)3)20-11-7-18(8-12-20)22-24-16(4)30-27-22/h5-14H,1-4H3,(H,25,29). The van der Waals surface area contributed by atoms with Crippen molar-refractivity contribution in [3.8, 4) is 17.1 Å². The summed E-state index contributed by atoms with van der Waals surface area (Å²) in [5.74, 6) is 1.33. The van der Waals surface area contributed by atoms with Crippen LogP contribution in [0.4, 0.5) is 5.69 Å². The van der Waals surface area contributed by atoms with Gasteiger partial charge in [0.05, 0.1) is 16.9 Å². The van der Waals surface area contributed by atoms with E-state index in [9.17, 15) is 4.79 Å². The number of aromatic nitrogens is 4. The minimum atomic E-state index is -0.185. The molecule has 2 aromatic heterocycles. The molecule has 0 bridgehead atoms. The highest BCUT2D eigenvalue weighted by Crippen LogP contribution is 2.21. The zero-order chi connectivity index (χ0) is 21.3. The quantitative estimate of drug-likeness (QED) is 0.513. The van der Waals surface area contributed by atoms with Crippen LogP contribution in [0.5, 0.6) is 0 Å². The summed E-state index contributed by atoms with van der Waals surface area (Å²) >= 11 is 0. The van der Waals surface area contributed by atoms with E-state index in [-0.39, 0.29) is 5.91 Å². The second kappa shape index (κ2) is 7.94. The maximum absolute atomic E-state index is 12.7. The van der Waals surface area contributed by atoms with Crippen LogP contribution in [0.1, 0.15) is 47.3 Å². The van der Waals surface area contributed by atoms with Gasteiger partial charge in [-0.2, -0.15) is 10.1 Å². The zero-order valence-electron chi connectivity index (χ0n) is 17.4. The van der Waals surface area contributed by atoms with Crippen molar-refractivity contribution in [2.75, 3.05) is 5.32 Å². The van der Waals surface area contributed by atoms with Crippen LogP contribution in [-0.2, 0) is 0 Å². The smallest absolute Gasteiger partial charge is 0.259 e. The van der Waals surface area contributed by atoms with Gasteiger partial charge in [0.25, 0.3) is 5.91 Å². The average Bonchev–Trinajstić information content (AvgIpc) is 3.34. The molecule has 7 nitrogen and oxygen atoms in total. The van der Waals surface area contributed by atoms with E-state index in [2.05, 4.69) is 34.4 Å². The van der Waals surface area contributed by atoms with Crippen molar-refractivity contribution in [3.05, 3.63) is 77.4 Å². The zero-order valence-corrected chi connectivity index (χ0v) is 17.4. The van der Waals surface area contributed by atoms with Crippen LogP contribution in [0, 0.1) is 13.8 Å². The fourth-order valence-corrected chi connectivity index (χ4v) is 3.14. The van der Waals surface area contributed by atoms with Gasteiger partial charge in [0.1, 0.15) is 0 Å². The van der Waals surface area contributed by atoms with Crippen LogP contribution in [0.15, 0.2) is 59.3 Å². The van der Waals surface area contributed by atoms with Gasteiger partial charge in [-0.05, 0) is 54.8 Å². The number of carbonyl (C=O) groups is 1. The Morgan fingerprint density at radius 1 is 1.03 bits per heavy atom. The molecular weight excluding hydrogens is 378 g/mol. The van der Waals surface area contributed by atoms with Gasteiger partial charge < -0.3 is 9.84 Å². The van der Waals surface area contributed by atoms with E-state index >= 15 is 0 Å². The molecule has 0 aliphatic carbocycles. The second-order valence-electron chi connectivity index (χ2n) is 7.49. The van der Waals surface area contributed by atoms with Crippen LogP contribution in [0.2, 0.25) is 0 Å². The first-order valence-electron chi connectivity index (χ1n) is 9.79. The fraction of sp³-hybridized carbons (Fsp3) is 0.217. The Morgan fingerprint density at radius 2 is 1.73 bits per heavy atom. The summed E-state index contributed by atoms with van der Waals surface area (Å²) in [6.07, 6.45) is 1.74. The third-order valence-corrected chi connectivity index (χ3v) is 4.90. The molecule has 0 saturated carbocycles. The Morgan fingerprint density at radius 3 is 2.33 bits per heavy atom.